The van der Waals surface area contributed by atoms with Gasteiger partial charge in [-0.1, -0.05) is 60.7 Å². The number of rotatable bonds is 3. The van der Waals surface area contributed by atoms with Crippen molar-refractivity contribution in [2.45, 2.75) is 0 Å². The summed E-state index contributed by atoms with van der Waals surface area (Å²) in [7, 11) is 0. The second kappa shape index (κ2) is 6.67. The lowest BCUT2D eigenvalue weighted by molar-refractivity contribution is 0.102. The van der Waals surface area contributed by atoms with Crippen LogP contribution in [0.3, 0.4) is 0 Å². The second-order valence-corrected chi connectivity index (χ2v) is 6.59. The van der Waals surface area contributed by atoms with Crippen LogP contribution in [-0.2, 0) is 0 Å². The highest BCUT2D eigenvalue weighted by atomic mass is 16.2. The van der Waals surface area contributed by atoms with Crippen molar-refractivity contribution in [1.82, 2.24) is 9.55 Å². The number of pyridine rings is 1. The summed E-state index contributed by atoms with van der Waals surface area (Å²) in [6.07, 6.45) is 1.73. The Bertz CT molecular complexity index is 1300. The molecule has 28 heavy (non-hydrogen) atoms. The molecule has 4 nitrogen and oxygen atoms in total. The first-order chi connectivity index (χ1) is 13.8. The standard InChI is InChI=1S/C24H17N3O/c28-24(26-20-12-7-10-17-8-1-3-11-19(17)20)22-16-18-9-2-4-13-21(18)27(22)23-14-5-6-15-25-23/h1-16H,(H,26,28). The minimum absolute atomic E-state index is 0.168. The predicted molar refractivity (Wildman–Crippen MR) is 113 cm³/mol. The molecule has 1 amide bonds. The van der Waals surface area contributed by atoms with Crippen LogP contribution in [0.25, 0.3) is 27.5 Å². The molecule has 0 radical (unpaired) electrons. The highest BCUT2D eigenvalue weighted by Gasteiger charge is 2.18. The number of para-hydroxylation sites is 1. The van der Waals surface area contributed by atoms with Gasteiger partial charge in [0.05, 0.1) is 5.52 Å². The smallest absolute Gasteiger partial charge is 0.272 e. The molecule has 1 N–H and O–H groups in total. The van der Waals surface area contributed by atoms with Crippen molar-refractivity contribution in [3.05, 3.63) is 103 Å². The Morgan fingerprint density at radius 1 is 0.786 bits per heavy atom. The van der Waals surface area contributed by atoms with Crippen molar-refractivity contribution in [3.8, 4) is 5.82 Å². The van der Waals surface area contributed by atoms with E-state index in [1.54, 1.807) is 6.20 Å². The Morgan fingerprint density at radius 2 is 1.54 bits per heavy atom. The van der Waals surface area contributed by atoms with Crippen LogP contribution < -0.4 is 5.32 Å². The first kappa shape index (κ1) is 16.3. The number of benzene rings is 3. The van der Waals surface area contributed by atoms with Gasteiger partial charge in [0, 0.05) is 22.7 Å². The zero-order chi connectivity index (χ0) is 18.9. The molecule has 0 saturated carbocycles. The maximum absolute atomic E-state index is 13.3. The number of fused-ring (bicyclic) bond motifs is 2. The third kappa shape index (κ3) is 2.72. The summed E-state index contributed by atoms with van der Waals surface area (Å²) in [6, 6.07) is 29.5. The molecule has 2 aromatic heterocycles. The van der Waals surface area contributed by atoms with Crippen LogP contribution in [0.1, 0.15) is 10.5 Å². The van der Waals surface area contributed by atoms with E-state index in [2.05, 4.69) is 10.3 Å². The number of amides is 1. The molecule has 5 aromatic rings. The second-order valence-electron chi connectivity index (χ2n) is 6.59. The molecule has 0 aliphatic rings. The zero-order valence-electron chi connectivity index (χ0n) is 15.0. The highest BCUT2D eigenvalue weighted by molar-refractivity contribution is 6.10. The molecule has 0 aliphatic carbocycles. The Morgan fingerprint density at radius 3 is 2.39 bits per heavy atom. The predicted octanol–water partition coefficient (Wildman–Crippen LogP) is 5.43. The molecular formula is C24H17N3O. The van der Waals surface area contributed by atoms with Crippen molar-refractivity contribution in [3.63, 3.8) is 0 Å². The number of carbonyl (C=O) groups is 1. The molecule has 0 saturated heterocycles. The van der Waals surface area contributed by atoms with Gasteiger partial charge in [0.1, 0.15) is 11.5 Å². The molecule has 5 rings (SSSR count). The number of hydrogen-bond acceptors (Lipinski definition) is 2. The Hall–Kier alpha value is -3.92. The molecule has 0 aliphatic heterocycles. The monoisotopic (exact) mass is 363 g/mol. The van der Waals surface area contributed by atoms with E-state index in [0.29, 0.717) is 11.5 Å². The Kier molecular flexibility index (Phi) is 3.87. The van der Waals surface area contributed by atoms with Crippen LogP contribution in [0.2, 0.25) is 0 Å². The summed E-state index contributed by atoms with van der Waals surface area (Å²) < 4.78 is 1.90. The molecule has 2 heterocycles. The average Bonchev–Trinajstić information content (AvgIpc) is 3.14. The molecule has 0 atom stereocenters. The summed E-state index contributed by atoms with van der Waals surface area (Å²) in [5.41, 5.74) is 2.29. The van der Waals surface area contributed by atoms with Crippen LogP contribution in [0.15, 0.2) is 97.2 Å². The number of nitrogens with one attached hydrogen (secondary N) is 1. The van der Waals surface area contributed by atoms with Crippen LogP contribution in [-0.4, -0.2) is 15.5 Å². The maximum atomic E-state index is 13.3. The van der Waals surface area contributed by atoms with E-state index in [4.69, 9.17) is 0 Å². The van der Waals surface area contributed by atoms with E-state index in [1.807, 2.05) is 95.6 Å². The minimum Gasteiger partial charge on any atom is -0.320 e. The number of anilines is 1. The molecule has 0 bridgehead atoms. The van der Waals surface area contributed by atoms with E-state index >= 15 is 0 Å². The fourth-order valence-electron chi connectivity index (χ4n) is 3.58. The lowest BCUT2D eigenvalue weighted by atomic mass is 10.1. The summed E-state index contributed by atoms with van der Waals surface area (Å²) in [5.74, 6) is 0.546. The fraction of sp³-hybridized carbons (Fsp3) is 0. The maximum Gasteiger partial charge on any atom is 0.272 e. The van der Waals surface area contributed by atoms with Gasteiger partial charge in [0.2, 0.25) is 0 Å². The van der Waals surface area contributed by atoms with Gasteiger partial charge in [-0.3, -0.25) is 9.36 Å². The van der Waals surface area contributed by atoms with Crippen molar-refractivity contribution in [2.24, 2.45) is 0 Å². The largest absolute Gasteiger partial charge is 0.320 e. The Balaban J connectivity index is 1.64. The first-order valence-electron chi connectivity index (χ1n) is 9.12. The van der Waals surface area contributed by atoms with Gasteiger partial charge in [-0.15, -0.1) is 0 Å². The number of aromatic nitrogens is 2. The SMILES string of the molecule is O=C(Nc1cccc2ccccc12)c1cc2ccccc2n1-c1ccccn1. The lowest BCUT2D eigenvalue weighted by Gasteiger charge is -2.12. The summed E-state index contributed by atoms with van der Waals surface area (Å²) in [4.78, 5) is 17.7. The average molecular weight is 363 g/mol. The summed E-state index contributed by atoms with van der Waals surface area (Å²) in [6.45, 7) is 0. The topological polar surface area (TPSA) is 46.9 Å². The minimum atomic E-state index is -0.168. The van der Waals surface area contributed by atoms with Gasteiger partial charge < -0.3 is 5.32 Å². The molecule has 4 heteroatoms. The molecular weight excluding hydrogens is 346 g/mol. The molecule has 0 fully saturated rings. The van der Waals surface area contributed by atoms with Gasteiger partial charge in [0.15, 0.2) is 0 Å². The number of carbonyl (C=O) groups excluding carboxylic acids is 1. The molecule has 3 aromatic carbocycles. The molecule has 0 unspecified atom stereocenters. The number of nitrogens with zero attached hydrogens (tertiary/aromatic N) is 2. The number of hydrogen-bond donors (Lipinski definition) is 1. The van der Waals surface area contributed by atoms with Crippen LogP contribution in [0.5, 0.6) is 0 Å². The van der Waals surface area contributed by atoms with Gasteiger partial charge in [-0.2, -0.15) is 0 Å². The van der Waals surface area contributed by atoms with Crippen molar-refractivity contribution in [1.29, 1.82) is 0 Å². The normalized spacial score (nSPS) is 11.0. The van der Waals surface area contributed by atoms with Gasteiger partial charge in [-0.25, -0.2) is 4.98 Å². The van der Waals surface area contributed by atoms with Gasteiger partial charge >= 0.3 is 0 Å². The van der Waals surface area contributed by atoms with Gasteiger partial charge in [0.25, 0.3) is 5.91 Å². The lowest BCUT2D eigenvalue weighted by Crippen LogP contribution is -2.17. The van der Waals surface area contributed by atoms with E-state index < -0.39 is 0 Å². The van der Waals surface area contributed by atoms with Crippen LogP contribution in [0.4, 0.5) is 5.69 Å². The van der Waals surface area contributed by atoms with Crippen molar-refractivity contribution >= 4 is 33.3 Å². The third-order valence-electron chi connectivity index (χ3n) is 4.86. The van der Waals surface area contributed by atoms with Gasteiger partial charge in [-0.05, 0) is 35.7 Å². The zero-order valence-corrected chi connectivity index (χ0v) is 15.0. The fourth-order valence-corrected chi connectivity index (χ4v) is 3.58. The van der Waals surface area contributed by atoms with E-state index in [-0.39, 0.29) is 5.91 Å². The highest BCUT2D eigenvalue weighted by Crippen LogP contribution is 2.27. The van der Waals surface area contributed by atoms with E-state index in [9.17, 15) is 4.79 Å². The van der Waals surface area contributed by atoms with Crippen LogP contribution in [0, 0.1) is 0 Å². The summed E-state index contributed by atoms with van der Waals surface area (Å²) >= 11 is 0. The van der Waals surface area contributed by atoms with E-state index in [0.717, 1.165) is 27.4 Å². The first-order valence-corrected chi connectivity index (χ1v) is 9.12. The molecule has 0 spiro atoms. The Labute approximate surface area is 162 Å². The quantitative estimate of drug-likeness (QED) is 0.464. The molecule has 134 valence electrons. The summed E-state index contributed by atoms with van der Waals surface area (Å²) in [5, 5.41) is 6.18. The van der Waals surface area contributed by atoms with Crippen LogP contribution >= 0.6 is 0 Å². The van der Waals surface area contributed by atoms with Crippen molar-refractivity contribution < 1.29 is 4.79 Å². The van der Waals surface area contributed by atoms with E-state index in [1.165, 1.54) is 0 Å². The third-order valence-corrected chi connectivity index (χ3v) is 4.86. The van der Waals surface area contributed by atoms with Crippen molar-refractivity contribution in [2.75, 3.05) is 5.32 Å².